The van der Waals surface area contributed by atoms with E-state index in [0.717, 1.165) is 9.87 Å². The van der Waals surface area contributed by atoms with Gasteiger partial charge in [-0.15, -0.1) is 6.58 Å². The first-order valence-corrected chi connectivity index (χ1v) is 8.08. The third kappa shape index (κ3) is 2.95. The van der Waals surface area contributed by atoms with Crippen LogP contribution in [0.3, 0.4) is 0 Å². The molecule has 1 aliphatic heterocycles. The van der Waals surface area contributed by atoms with Gasteiger partial charge in [-0.25, -0.2) is 13.2 Å². The topological polar surface area (TPSA) is 63.7 Å². The van der Waals surface area contributed by atoms with Crippen molar-refractivity contribution in [2.24, 2.45) is 0 Å². The van der Waals surface area contributed by atoms with Crippen LogP contribution in [0.5, 0.6) is 0 Å². The molecule has 114 valence electrons. The first-order chi connectivity index (χ1) is 9.67. The molecule has 1 unspecified atom stereocenters. The van der Waals surface area contributed by atoms with Crippen LogP contribution in [0, 0.1) is 6.92 Å². The van der Waals surface area contributed by atoms with E-state index in [1.807, 2.05) is 6.92 Å². The molecule has 1 heterocycles. The number of sulfonamides is 1. The molecule has 0 radical (unpaired) electrons. The standard InChI is InChI=1S/C15H19NO4S/c1-5-12-10-15(3,4)20-14(17)16(12)21(18,19)13-8-6-11(2)7-9-13/h5-9,12H,1,10H2,2-4H3. The predicted molar refractivity (Wildman–Crippen MR) is 79.4 cm³/mol. The lowest BCUT2D eigenvalue weighted by atomic mass is 9.97. The summed E-state index contributed by atoms with van der Waals surface area (Å²) in [7, 11) is -3.95. The van der Waals surface area contributed by atoms with Crippen molar-refractivity contribution in [1.29, 1.82) is 0 Å². The minimum absolute atomic E-state index is 0.0663. The SMILES string of the molecule is C=CC1CC(C)(C)OC(=O)N1S(=O)(=O)c1ccc(C)cc1. The Bertz CT molecular complexity index is 661. The zero-order valence-corrected chi connectivity index (χ0v) is 13.2. The van der Waals surface area contributed by atoms with Crippen molar-refractivity contribution in [3.63, 3.8) is 0 Å². The van der Waals surface area contributed by atoms with Crippen LogP contribution in [0.4, 0.5) is 4.79 Å². The lowest BCUT2D eigenvalue weighted by molar-refractivity contribution is -0.0180. The van der Waals surface area contributed by atoms with Crippen molar-refractivity contribution >= 4 is 16.1 Å². The van der Waals surface area contributed by atoms with E-state index in [-0.39, 0.29) is 4.90 Å². The second-order valence-electron chi connectivity index (χ2n) is 5.75. The summed E-state index contributed by atoms with van der Waals surface area (Å²) in [4.78, 5) is 12.2. The molecule has 1 aromatic rings. The van der Waals surface area contributed by atoms with Gasteiger partial charge in [-0.05, 0) is 32.9 Å². The molecular formula is C15H19NO4S. The lowest BCUT2D eigenvalue weighted by Crippen LogP contribution is -2.54. The van der Waals surface area contributed by atoms with Crippen LogP contribution >= 0.6 is 0 Å². The summed E-state index contributed by atoms with van der Waals surface area (Å²) in [5.41, 5.74) is 0.228. The summed E-state index contributed by atoms with van der Waals surface area (Å²) in [6.45, 7) is 9.00. The molecule has 1 saturated heterocycles. The van der Waals surface area contributed by atoms with Gasteiger partial charge in [0.2, 0.25) is 0 Å². The van der Waals surface area contributed by atoms with Crippen LogP contribution in [0.25, 0.3) is 0 Å². The molecule has 1 aromatic carbocycles. The van der Waals surface area contributed by atoms with Crippen molar-refractivity contribution in [2.75, 3.05) is 0 Å². The van der Waals surface area contributed by atoms with Crippen LogP contribution in [-0.4, -0.2) is 30.5 Å². The molecule has 1 amide bonds. The Morgan fingerprint density at radius 3 is 2.43 bits per heavy atom. The van der Waals surface area contributed by atoms with Crippen LogP contribution < -0.4 is 0 Å². The van der Waals surface area contributed by atoms with Gasteiger partial charge in [-0.3, -0.25) is 0 Å². The number of carbonyl (C=O) groups excluding carboxylic acids is 1. The maximum Gasteiger partial charge on any atom is 0.424 e. The third-order valence-electron chi connectivity index (χ3n) is 3.40. The number of hydrogen-bond acceptors (Lipinski definition) is 4. The van der Waals surface area contributed by atoms with Gasteiger partial charge in [0.1, 0.15) is 5.60 Å². The van der Waals surface area contributed by atoms with Gasteiger partial charge >= 0.3 is 6.09 Å². The fourth-order valence-electron chi connectivity index (χ4n) is 2.32. The molecule has 0 bridgehead atoms. The molecule has 6 heteroatoms. The maximum atomic E-state index is 12.7. The van der Waals surface area contributed by atoms with Crippen LogP contribution in [0.15, 0.2) is 41.8 Å². The highest BCUT2D eigenvalue weighted by Gasteiger charge is 2.45. The number of hydrogen-bond donors (Lipinski definition) is 0. The largest absolute Gasteiger partial charge is 0.443 e. The summed E-state index contributed by atoms with van der Waals surface area (Å²) in [5.74, 6) is 0. The normalized spacial score (nSPS) is 21.8. The monoisotopic (exact) mass is 309 g/mol. The Hall–Kier alpha value is -1.82. The zero-order valence-electron chi connectivity index (χ0n) is 12.4. The zero-order chi connectivity index (χ0) is 15.8. The Balaban J connectivity index is 2.45. The fraction of sp³-hybridized carbons (Fsp3) is 0.400. The summed E-state index contributed by atoms with van der Waals surface area (Å²) in [6, 6.07) is 5.73. The molecule has 1 fully saturated rings. The van der Waals surface area contributed by atoms with E-state index in [0.29, 0.717) is 6.42 Å². The Morgan fingerprint density at radius 2 is 1.90 bits per heavy atom. The van der Waals surface area contributed by atoms with Crippen molar-refractivity contribution in [1.82, 2.24) is 4.31 Å². The van der Waals surface area contributed by atoms with Gasteiger partial charge in [0.05, 0.1) is 10.9 Å². The second kappa shape index (κ2) is 5.18. The van der Waals surface area contributed by atoms with Gasteiger partial charge < -0.3 is 4.74 Å². The highest BCUT2D eigenvalue weighted by molar-refractivity contribution is 7.89. The molecule has 21 heavy (non-hydrogen) atoms. The minimum atomic E-state index is -3.95. The van der Waals surface area contributed by atoms with Crippen molar-refractivity contribution in [3.05, 3.63) is 42.5 Å². The minimum Gasteiger partial charge on any atom is -0.443 e. The van der Waals surface area contributed by atoms with Crippen molar-refractivity contribution in [2.45, 2.75) is 43.7 Å². The summed E-state index contributed by atoms with van der Waals surface area (Å²) < 4.78 is 31.3. The second-order valence-corrected chi connectivity index (χ2v) is 7.56. The summed E-state index contributed by atoms with van der Waals surface area (Å²) in [5, 5.41) is 0. The van der Waals surface area contributed by atoms with Crippen molar-refractivity contribution in [3.8, 4) is 0 Å². The number of rotatable bonds is 3. The first-order valence-electron chi connectivity index (χ1n) is 6.64. The Labute approximate surface area is 125 Å². The average Bonchev–Trinajstić information content (AvgIpc) is 2.36. The van der Waals surface area contributed by atoms with Crippen LogP contribution in [-0.2, 0) is 14.8 Å². The first kappa shape index (κ1) is 15.6. The number of cyclic esters (lactones) is 1. The van der Waals surface area contributed by atoms with E-state index in [1.165, 1.54) is 18.2 Å². The summed E-state index contributed by atoms with van der Waals surface area (Å²) in [6.07, 6.45) is 0.970. The molecular weight excluding hydrogens is 290 g/mol. The summed E-state index contributed by atoms with van der Waals surface area (Å²) >= 11 is 0. The van der Waals surface area contributed by atoms with Crippen molar-refractivity contribution < 1.29 is 17.9 Å². The van der Waals surface area contributed by atoms with E-state index in [4.69, 9.17) is 4.74 Å². The number of aryl methyl sites for hydroxylation is 1. The number of ether oxygens (including phenoxy) is 1. The number of nitrogens with zero attached hydrogens (tertiary/aromatic N) is 1. The number of amides is 1. The van der Waals surface area contributed by atoms with Gasteiger partial charge in [0, 0.05) is 6.42 Å². The Kier molecular flexibility index (Phi) is 3.84. The maximum absolute atomic E-state index is 12.7. The van der Waals surface area contributed by atoms with Crippen LogP contribution in [0.2, 0.25) is 0 Å². The van der Waals surface area contributed by atoms with E-state index in [9.17, 15) is 13.2 Å². The lowest BCUT2D eigenvalue weighted by Gasteiger charge is -2.40. The molecule has 0 N–H and O–H groups in total. The van der Waals surface area contributed by atoms with E-state index < -0.39 is 27.8 Å². The molecule has 0 aromatic heterocycles. The van der Waals surface area contributed by atoms with E-state index in [2.05, 4.69) is 6.58 Å². The molecule has 1 atom stereocenters. The molecule has 2 rings (SSSR count). The molecule has 0 aliphatic carbocycles. The predicted octanol–water partition coefficient (Wildman–Crippen LogP) is 2.86. The van der Waals surface area contributed by atoms with E-state index in [1.54, 1.807) is 26.0 Å². The van der Waals surface area contributed by atoms with Gasteiger partial charge in [0.15, 0.2) is 0 Å². The average molecular weight is 309 g/mol. The molecule has 0 spiro atoms. The van der Waals surface area contributed by atoms with Crippen LogP contribution in [0.1, 0.15) is 25.8 Å². The van der Waals surface area contributed by atoms with Gasteiger partial charge in [-0.2, -0.15) is 4.31 Å². The molecule has 1 aliphatic rings. The van der Waals surface area contributed by atoms with E-state index >= 15 is 0 Å². The Morgan fingerprint density at radius 1 is 1.33 bits per heavy atom. The fourth-order valence-corrected chi connectivity index (χ4v) is 3.78. The molecule has 0 saturated carbocycles. The number of carbonyl (C=O) groups is 1. The smallest absolute Gasteiger partial charge is 0.424 e. The highest BCUT2D eigenvalue weighted by atomic mass is 32.2. The van der Waals surface area contributed by atoms with Gasteiger partial charge in [0.25, 0.3) is 10.0 Å². The third-order valence-corrected chi connectivity index (χ3v) is 5.20. The van der Waals surface area contributed by atoms with Gasteiger partial charge in [-0.1, -0.05) is 23.8 Å². The molecule has 5 nitrogen and oxygen atoms in total. The quantitative estimate of drug-likeness (QED) is 0.805. The highest BCUT2D eigenvalue weighted by Crippen LogP contribution is 2.32. The number of benzene rings is 1.